The smallest absolute Gasteiger partial charge is 0.122 e. The number of unbranched alkanes of at least 4 members (excludes halogenated alkanes) is 26. The quantitative estimate of drug-likeness (QED) is 0.0689. The lowest BCUT2D eigenvalue weighted by atomic mass is 9.68. The summed E-state index contributed by atoms with van der Waals surface area (Å²) in [7, 11) is 8.20. The molecule has 0 saturated carbocycles. The van der Waals surface area contributed by atoms with Gasteiger partial charge in [0.2, 0.25) is 0 Å². The van der Waals surface area contributed by atoms with Crippen LogP contribution in [0.5, 0.6) is 0 Å². The van der Waals surface area contributed by atoms with Crippen molar-refractivity contribution in [3.8, 4) is 0 Å². The molecule has 2 aromatic carbocycles. The van der Waals surface area contributed by atoms with E-state index in [0.717, 1.165) is 48.2 Å². The second-order valence-electron chi connectivity index (χ2n) is 17.3. The second-order valence-corrected chi connectivity index (χ2v) is 17.3. The van der Waals surface area contributed by atoms with Gasteiger partial charge in [0.05, 0.1) is 0 Å². The molecule has 2 atom stereocenters. The summed E-state index contributed by atoms with van der Waals surface area (Å²) in [5.74, 6) is 0. The first kappa shape index (κ1) is 48.1. The highest BCUT2D eigenvalue weighted by molar-refractivity contribution is 5.50. The highest BCUT2D eigenvalue weighted by Crippen LogP contribution is 2.48. The molecule has 2 rings (SSSR count). The third kappa shape index (κ3) is 18.3. The van der Waals surface area contributed by atoms with Crippen LogP contribution >= 0.6 is 0 Å². The van der Waals surface area contributed by atoms with E-state index in [0.29, 0.717) is 12.8 Å². The molecule has 0 radical (unpaired) electrons. The average Bonchev–Trinajstić information content (AvgIpc) is 3.18. The van der Waals surface area contributed by atoms with Crippen molar-refractivity contribution >= 4 is 11.4 Å². The van der Waals surface area contributed by atoms with E-state index in [1.807, 2.05) is 28.2 Å². The predicted octanol–water partition coefficient (Wildman–Crippen LogP) is 14.6. The molecule has 0 aliphatic heterocycles. The molecule has 2 aromatic rings. The van der Waals surface area contributed by atoms with Crippen LogP contribution in [0.2, 0.25) is 0 Å². The lowest BCUT2D eigenvalue weighted by Gasteiger charge is -2.45. The zero-order chi connectivity index (χ0) is 39.3. The van der Waals surface area contributed by atoms with Crippen molar-refractivity contribution in [2.45, 2.75) is 218 Å². The van der Waals surface area contributed by atoms with Gasteiger partial charge < -0.3 is 20.0 Å². The van der Waals surface area contributed by atoms with E-state index < -0.39 is 11.2 Å². The van der Waals surface area contributed by atoms with Crippen molar-refractivity contribution in [1.29, 1.82) is 0 Å². The van der Waals surface area contributed by atoms with Crippen LogP contribution in [0.3, 0.4) is 0 Å². The maximum Gasteiger partial charge on any atom is 0.122 e. The van der Waals surface area contributed by atoms with Crippen LogP contribution in [0.25, 0.3) is 0 Å². The minimum atomic E-state index is -1.38. The van der Waals surface area contributed by atoms with Crippen LogP contribution in [0.4, 0.5) is 11.4 Å². The summed E-state index contributed by atoms with van der Waals surface area (Å²) in [6.07, 6.45) is 37.5. The Bertz CT molecular complexity index is 1050. The van der Waals surface area contributed by atoms with Crippen LogP contribution < -0.4 is 9.80 Å². The largest absolute Gasteiger partial charge is 0.382 e. The van der Waals surface area contributed by atoms with Gasteiger partial charge in [0.1, 0.15) is 11.2 Å². The molecule has 2 N–H and O–H groups in total. The fraction of sp³-hybridized carbons (Fsp3) is 0.760. The molecular weight excluding hydrogens is 661 g/mol. The number of hydrogen-bond donors (Lipinski definition) is 2. The third-order valence-electron chi connectivity index (χ3n) is 12.2. The Kier molecular flexibility index (Phi) is 26.0. The third-order valence-corrected chi connectivity index (χ3v) is 12.2. The van der Waals surface area contributed by atoms with Crippen molar-refractivity contribution in [1.82, 2.24) is 0 Å². The first-order chi connectivity index (χ1) is 26.2. The molecule has 54 heavy (non-hydrogen) atoms. The Morgan fingerprint density at radius 2 is 0.537 bits per heavy atom. The molecule has 0 aromatic heterocycles. The lowest BCUT2D eigenvalue weighted by molar-refractivity contribution is -0.175. The summed E-state index contributed by atoms with van der Waals surface area (Å²) >= 11 is 0. The maximum absolute atomic E-state index is 13.0. The van der Waals surface area contributed by atoms with Crippen molar-refractivity contribution in [3.63, 3.8) is 0 Å². The van der Waals surface area contributed by atoms with E-state index in [-0.39, 0.29) is 0 Å². The van der Waals surface area contributed by atoms with Gasteiger partial charge in [0, 0.05) is 39.6 Å². The van der Waals surface area contributed by atoms with Gasteiger partial charge in [0.15, 0.2) is 0 Å². The Labute approximate surface area is 335 Å². The molecule has 2 unspecified atom stereocenters. The summed E-state index contributed by atoms with van der Waals surface area (Å²) in [6.45, 7) is 4.58. The summed E-state index contributed by atoms with van der Waals surface area (Å²) in [5, 5.41) is 26.0. The van der Waals surface area contributed by atoms with E-state index in [9.17, 15) is 10.2 Å². The van der Waals surface area contributed by atoms with Gasteiger partial charge in [-0.2, -0.15) is 0 Å². The van der Waals surface area contributed by atoms with Crippen LogP contribution in [-0.2, 0) is 11.2 Å². The first-order valence-corrected chi connectivity index (χ1v) is 23.2. The zero-order valence-corrected chi connectivity index (χ0v) is 36.6. The lowest BCUT2D eigenvalue weighted by Crippen LogP contribution is -2.49. The van der Waals surface area contributed by atoms with Crippen LogP contribution in [0.15, 0.2) is 48.5 Å². The molecular formula is C50H88N2O2. The zero-order valence-electron chi connectivity index (χ0n) is 36.6. The molecule has 0 aliphatic rings. The summed E-state index contributed by atoms with van der Waals surface area (Å²) in [5.41, 5.74) is 1.09. The Morgan fingerprint density at radius 3 is 0.741 bits per heavy atom. The molecule has 0 amide bonds. The molecule has 0 aliphatic carbocycles. The molecule has 4 nitrogen and oxygen atoms in total. The van der Waals surface area contributed by atoms with Gasteiger partial charge in [0.25, 0.3) is 0 Å². The van der Waals surface area contributed by atoms with Crippen molar-refractivity contribution in [2.24, 2.45) is 0 Å². The summed E-state index contributed by atoms with van der Waals surface area (Å²) in [6, 6.07) is 16.6. The summed E-state index contributed by atoms with van der Waals surface area (Å²) in [4.78, 5) is 4.19. The van der Waals surface area contributed by atoms with Gasteiger partial charge in [-0.05, 0) is 48.2 Å². The molecule has 0 heterocycles. The number of rotatable bonds is 35. The molecule has 0 fully saturated rings. The molecule has 310 valence electrons. The number of benzene rings is 2. The minimum Gasteiger partial charge on any atom is -0.382 e. The Balaban J connectivity index is 2.02. The minimum absolute atomic E-state index is 0.552. The van der Waals surface area contributed by atoms with Crippen molar-refractivity contribution in [2.75, 3.05) is 38.0 Å². The summed E-state index contributed by atoms with van der Waals surface area (Å²) < 4.78 is 0. The van der Waals surface area contributed by atoms with Gasteiger partial charge >= 0.3 is 0 Å². The number of anilines is 2. The predicted molar refractivity (Wildman–Crippen MR) is 239 cm³/mol. The van der Waals surface area contributed by atoms with Gasteiger partial charge in [-0.3, -0.25) is 0 Å². The highest BCUT2D eigenvalue weighted by atomic mass is 16.4. The van der Waals surface area contributed by atoms with E-state index in [1.54, 1.807) is 0 Å². The average molecular weight is 749 g/mol. The van der Waals surface area contributed by atoms with Gasteiger partial charge in [-0.25, -0.2) is 0 Å². The highest BCUT2D eigenvalue weighted by Gasteiger charge is 2.50. The fourth-order valence-electron chi connectivity index (χ4n) is 8.40. The normalized spacial score (nSPS) is 13.9. The second kappa shape index (κ2) is 29.2. The SMILES string of the molecule is CCCCCCCCCCCCCCCCC(O)(c1ccc(N(C)C)cc1)C(O)(CCCCCCCCCCCCCCCC)c1ccc(N(C)C)cc1. The van der Waals surface area contributed by atoms with Crippen LogP contribution in [0.1, 0.15) is 218 Å². The topological polar surface area (TPSA) is 46.9 Å². The van der Waals surface area contributed by atoms with Crippen molar-refractivity contribution in [3.05, 3.63) is 59.7 Å². The maximum atomic E-state index is 13.0. The number of aliphatic hydroxyl groups is 2. The van der Waals surface area contributed by atoms with E-state index in [2.05, 4.69) is 72.2 Å². The molecule has 0 spiro atoms. The Hall–Kier alpha value is -2.04. The molecule has 0 saturated heterocycles. The monoisotopic (exact) mass is 749 g/mol. The van der Waals surface area contributed by atoms with E-state index >= 15 is 0 Å². The van der Waals surface area contributed by atoms with E-state index in [4.69, 9.17) is 0 Å². The standard InChI is InChI=1S/C50H88N2O2/c1-7-9-11-13-15-17-19-21-23-25-27-29-31-33-43-49(53,45-35-39-47(40-36-45)51(3)4)50(54,46-37-41-48(42-38-46)52(5)6)44-34-32-30-28-26-24-22-20-18-16-14-12-10-8-2/h35-42,53-54H,7-34,43-44H2,1-6H3. The van der Waals surface area contributed by atoms with Crippen LogP contribution in [0, 0.1) is 0 Å². The molecule has 0 bridgehead atoms. The fourth-order valence-corrected chi connectivity index (χ4v) is 8.40. The van der Waals surface area contributed by atoms with Gasteiger partial charge in [-0.1, -0.05) is 218 Å². The Morgan fingerprint density at radius 1 is 0.333 bits per heavy atom. The molecule has 4 heteroatoms. The van der Waals surface area contributed by atoms with Gasteiger partial charge in [-0.15, -0.1) is 0 Å². The first-order valence-electron chi connectivity index (χ1n) is 23.2. The van der Waals surface area contributed by atoms with Crippen molar-refractivity contribution < 1.29 is 10.2 Å². The van der Waals surface area contributed by atoms with E-state index in [1.165, 1.54) is 154 Å². The number of nitrogens with zero attached hydrogens (tertiary/aromatic N) is 2. The van der Waals surface area contributed by atoms with Crippen LogP contribution in [-0.4, -0.2) is 38.4 Å². The number of hydrogen-bond acceptors (Lipinski definition) is 4.